The number of carbonyl (C=O) groups is 3. The average Bonchev–Trinajstić information content (AvgIpc) is 3.14. The Hall–Kier alpha value is -2.22. The summed E-state index contributed by atoms with van der Waals surface area (Å²) in [5.41, 5.74) is 2.53. The first-order valence-electron chi connectivity index (χ1n) is 13.1. The minimum atomic E-state index is -1.38. The SMILES string of the molecule is CC(=O)[C@H]1CC[C@H]2[C@@H]3CCC4=C/C(=N/OCC(=O)N[C@H](C(=O)O)[C@H](C)O)CC[C@]4(C)[C@H]3CC[C@]12C. The van der Waals surface area contributed by atoms with Crippen molar-refractivity contribution in [3.05, 3.63) is 11.6 Å². The summed E-state index contributed by atoms with van der Waals surface area (Å²) in [6.07, 6.45) is 9.42. The van der Waals surface area contributed by atoms with Crippen LogP contribution in [0.4, 0.5) is 0 Å². The summed E-state index contributed by atoms with van der Waals surface area (Å²) < 4.78 is 0. The number of nitrogens with one attached hydrogen (secondary N) is 1. The van der Waals surface area contributed by atoms with E-state index in [4.69, 9.17) is 9.94 Å². The van der Waals surface area contributed by atoms with Crippen LogP contribution in [0.1, 0.15) is 79.1 Å². The number of aliphatic hydroxyl groups is 1. The summed E-state index contributed by atoms with van der Waals surface area (Å²) in [4.78, 5) is 40.7. The van der Waals surface area contributed by atoms with Gasteiger partial charge < -0.3 is 20.4 Å². The summed E-state index contributed by atoms with van der Waals surface area (Å²) in [5, 5.41) is 25.0. The van der Waals surface area contributed by atoms with Gasteiger partial charge in [-0.05, 0) is 99.9 Å². The first kappa shape index (κ1) is 25.9. The Morgan fingerprint density at radius 2 is 1.89 bits per heavy atom. The molecule has 35 heavy (non-hydrogen) atoms. The van der Waals surface area contributed by atoms with Crippen LogP contribution < -0.4 is 5.32 Å². The lowest BCUT2D eigenvalue weighted by Crippen LogP contribution is -2.51. The van der Waals surface area contributed by atoms with Gasteiger partial charge in [0.1, 0.15) is 5.78 Å². The third-order valence-electron chi connectivity index (χ3n) is 9.91. The zero-order valence-electron chi connectivity index (χ0n) is 21.4. The molecule has 4 rings (SSSR count). The highest BCUT2D eigenvalue weighted by atomic mass is 16.6. The van der Waals surface area contributed by atoms with E-state index in [9.17, 15) is 19.5 Å². The predicted octanol–water partition coefficient (Wildman–Crippen LogP) is 3.48. The minimum absolute atomic E-state index is 0.140. The molecule has 3 saturated carbocycles. The second kappa shape index (κ2) is 9.68. The zero-order valence-corrected chi connectivity index (χ0v) is 21.4. The topological polar surface area (TPSA) is 125 Å². The van der Waals surface area contributed by atoms with Gasteiger partial charge in [0, 0.05) is 5.92 Å². The largest absolute Gasteiger partial charge is 0.480 e. The zero-order chi connectivity index (χ0) is 25.5. The fourth-order valence-corrected chi connectivity index (χ4v) is 8.09. The quantitative estimate of drug-likeness (QED) is 0.471. The summed E-state index contributed by atoms with van der Waals surface area (Å²) in [6, 6.07) is -1.38. The van der Waals surface area contributed by atoms with Gasteiger partial charge in [-0.25, -0.2) is 4.79 Å². The van der Waals surface area contributed by atoms with E-state index in [1.54, 1.807) is 6.92 Å². The Morgan fingerprint density at radius 3 is 2.54 bits per heavy atom. The highest BCUT2D eigenvalue weighted by molar-refractivity contribution is 5.96. The van der Waals surface area contributed by atoms with Crippen LogP contribution >= 0.6 is 0 Å². The molecular weight excluding hydrogens is 448 g/mol. The molecule has 8 nitrogen and oxygen atoms in total. The molecule has 0 spiro atoms. The summed E-state index contributed by atoms with van der Waals surface area (Å²) in [6.45, 7) is 7.46. The molecule has 0 unspecified atom stereocenters. The van der Waals surface area contributed by atoms with Crippen molar-refractivity contribution in [1.29, 1.82) is 0 Å². The van der Waals surface area contributed by atoms with Crippen molar-refractivity contribution >= 4 is 23.4 Å². The second-order valence-electron chi connectivity index (χ2n) is 11.8. The maximum absolute atomic E-state index is 12.3. The number of carbonyl (C=O) groups excluding carboxylic acids is 2. The number of nitrogens with zero attached hydrogens (tertiary/aromatic N) is 1. The van der Waals surface area contributed by atoms with E-state index < -0.39 is 30.6 Å². The number of hydrogen-bond acceptors (Lipinski definition) is 6. The van der Waals surface area contributed by atoms with E-state index in [1.165, 1.54) is 25.3 Å². The van der Waals surface area contributed by atoms with Gasteiger partial charge in [0.05, 0.1) is 11.8 Å². The van der Waals surface area contributed by atoms with E-state index in [0.717, 1.165) is 44.2 Å². The number of Topliss-reactive ketones (excluding diaryl/α,β-unsaturated/α-hetero) is 1. The Labute approximate surface area is 207 Å². The number of oxime groups is 1. The average molecular weight is 489 g/mol. The molecule has 8 heteroatoms. The van der Waals surface area contributed by atoms with E-state index in [2.05, 4.69) is 30.4 Å². The lowest BCUT2D eigenvalue weighted by Gasteiger charge is -2.58. The summed E-state index contributed by atoms with van der Waals surface area (Å²) in [5.74, 6) is 0.604. The van der Waals surface area contributed by atoms with Crippen LogP contribution in [0.15, 0.2) is 16.8 Å². The predicted molar refractivity (Wildman–Crippen MR) is 131 cm³/mol. The highest BCUT2D eigenvalue weighted by Crippen LogP contribution is 2.66. The Balaban J connectivity index is 1.40. The molecule has 0 bridgehead atoms. The van der Waals surface area contributed by atoms with Gasteiger partial charge in [0.25, 0.3) is 5.91 Å². The molecule has 4 aliphatic carbocycles. The molecule has 3 fully saturated rings. The molecular formula is C27H40N2O6. The van der Waals surface area contributed by atoms with Crippen LogP contribution in [0.3, 0.4) is 0 Å². The molecule has 0 radical (unpaired) electrons. The Kier molecular flexibility index (Phi) is 7.15. The molecule has 0 aromatic heterocycles. The maximum atomic E-state index is 12.3. The van der Waals surface area contributed by atoms with Crippen LogP contribution in [0.25, 0.3) is 0 Å². The number of aliphatic carboxylic acids is 1. The maximum Gasteiger partial charge on any atom is 0.328 e. The Bertz CT molecular complexity index is 942. The number of amides is 1. The van der Waals surface area contributed by atoms with Crippen LogP contribution in [-0.2, 0) is 19.2 Å². The number of ketones is 1. The van der Waals surface area contributed by atoms with Crippen LogP contribution in [0.5, 0.6) is 0 Å². The normalized spacial score (nSPS) is 38.9. The fraction of sp³-hybridized carbons (Fsp3) is 0.778. The van der Waals surface area contributed by atoms with Crippen molar-refractivity contribution in [2.75, 3.05) is 6.61 Å². The van der Waals surface area contributed by atoms with E-state index in [0.29, 0.717) is 23.5 Å². The van der Waals surface area contributed by atoms with Crippen molar-refractivity contribution in [1.82, 2.24) is 5.32 Å². The number of rotatable bonds is 7. The van der Waals surface area contributed by atoms with E-state index in [-0.39, 0.29) is 16.7 Å². The molecule has 0 aromatic carbocycles. The Morgan fingerprint density at radius 1 is 1.14 bits per heavy atom. The van der Waals surface area contributed by atoms with Gasteiger partial charge in [-0.15, -0.1) is 0 Å². The van der Waals surface area contributed by atoms with Crippen molar-refractivity contribution in [3.8, 4) is 0 Å². The first-order valence-corrected chi connectivity index (χ1v) is 13.1. The third kappa shape index (κ3) is 4.66. The number of aliphatic hydroxyl groups excluding tert-OH is 1. The molecule has 1 amide bonds. The van der Waals surface area contributed by atoms with Crippen molar-refractivity contribution in [2.24, 2.45) is 39.7 Å². The summed E-state index contributed by atoms with van der Waals surface area (Å²) in [7, 11) is 0. The highest BCUT2D eigenvalue weighted by Gasteiger charge is 2.59. The number of allylic oxidation sites excluding steroid dienone is 2. The number of carboxylic acid groups (broad SMARTS) is 1. The second-order valence-corrected chi connectivity index (χ2v) is 11.8. The molecule has 4 aliphatic rings. The minimum Gasteiger partial charge on any atom is -0.480 e. The van der Waals surface area contributed by atoms with Crippen LogP contribution in [-0.4, -0.2) is 52.3 Å². The first-order chi connectivity index (χ1) is 16.5. The lowest BCUT2D eigenvalue weighted by atomic mass is 9.46. The van der Waals surface area contributed by atoms with E-state index in [1.807, 2.05) is 0 Å². The van der Waals surface area contributed by atoms with Gasteiger partial charge in [-0.3, -0.25) is 9.59 Å². The number of carboxylic acids is 1. The summed E-state index contributed by atoms with van der Waals surface area (Å²) >= 11 is 0. The molecule has 3 N–H and O–H groups in total. The number of hydrogen-bond donors (Lipinski definition) is 3. The molecule has 194 valence electrons. The number of fused-ring (bicyclic) bond motifs is 5. The van der Waals surface area contributed by atoms with Gasteiger partial charge in [0.2, 0.25) is 0 Å². The van der Waals surface area contributed by atoms with E-state index >= 15 is 0 Å². The monoisotopic (exact) mass is 488 g/mol. The molecule has 8 atom stereocenters. The van der Waals surface area contributed by atoms with Crippen molar-refractivity contribution < 1.29 is 29.4 Å². The smallest absolute Gasteiger partial charge is 0.328 e. The van der Waals surface area contributed by atoms with Crippen LogP contribution in [0, 0.1) is 34.5 Å². The fourth-order valence-electron chi connectivity index (χ4n) is 8.09. The molecule has 0 aromatic rings. The molecule has 0 heterocycles. The van der Waals surface area contributed by atoms with Gasteiger partial charge in [-0.1, -0.05) is 24.6 Å². The molecule has 0 saturated heterocycles. The van der Waals surface area contributed by atoms with Crippen molar-refractivity contribution in [2.45, 2.75) is 91.2 Å². The van der Waals surface area contributed by atoms with Gasteiger partial charge in [-0.2, -0.15) is 0 Å². The van der Waals surface area contributed by atoms with Gasteiger partial charge in [0.15, 0.2) is 12.6 Å². The standard InChI is InChI=1S/C27H40N2O6/c1-15(30)20-7-8-21-19-6-5-17-13-18(9-11-26(17,3)22(19)10-12-27(20,21)4)29-35-14-23(32)28-24(16(2)31)25(33)34/h13,16,19-22,24,31H,5-12,14H2,1-4H3,(H,28,32)(H,33,34)/b29-18+/t16-,19-,20+,21-,22-,24-,26-,27+/m0/s1. The third-order valence-corrected chi connectivity index (χ3v) is 9.91. The van der Waals surface area contributed by atoms with Crippen molar-refractivity contribution in [3.63, 3.8) is 0 Å². The molecule has 0 aliphatic heterocycles. The van der Waals surface area contributed by atoms with Gasteiger partial charge >= 0.3 is 5.97 Å². The van der Waals surface area contributed by atoms with Crippen LogP contribution in [0.2, 0.25) is 0 Å². The lowest BCUT2D eigenvalue weighted by molar-refractivity contribution is -0.145.